The molecule has 0 aliphatic heterocycles. The molecule has 1 heterocycles. The number of nitrogens with two attached hydrogens (primary N) is 2. The summed E-state index contributed by atoms with van der Waals surface area (Å²) in [5.41, 5.74) is 14.9. The molecule has 5 heteroatoms. The van der Waals surface area contributed by atoms with Gasteiger partial charge >= 0.3 is 0 Å². The molecule has 0 saturated carbocycles. The largest absolute Gasteiger partial charge is 0.439 e. The summed E-state index contributed by atoms with van der Waals surface area (Å²) >= 11 is 0. The van der Waals surface area contributed by atoms with Gasteiger partial charge in [0, 0.05) is 18.0 Å². The van der Waals surface area contributed by atoms with Gasteiger partial charge in [0.15, 0.2) is 0 Å². The number of pyridine rings is 1. The minimum absolute atomic E-state index is 0.357. The number of primary amides is 1. The lowest BCUT2D eigenvalue weighted by Crippen LogP contribution is -2.10. The normalized spacial score (nSPS) is 11.8. The fourth-order valence-corrected chi connectivity index (χ4v) is 3.43. The first-order valence-corrected chi connectivity index (χ1v) is 9.93. The Kier molecular flexibility index (Phi) is 6.85. The van der Waals surface area contributed by atoms with Crippen LogP contribution < -0.4 is 16.2 Å². The third kappa shape index (κ3) is 5.82. The minimum atomic E-state index is -0.506. The maximum Gasteiger partial charge on any atom is 0.250 e. The van der Waals surface area contributed by atoms with Crippen molar-refractivity contribution in [3.05, 3.63) is 83.6 Å². The second-order valence-corrected chi connectivity index (χ2v) is 7.19. The van der Waals surface area contributed by atoms with Crippen molar-refractivity contribution in [3.8, 4) is 11.6 Å². The Morgan fingerprint density at radius 2 is 1.86 bits per heavy atom. The van der Waals surface area contributed by atoms with Crippen LogP contribution in [0.1, 0.15) is 53.6 Å². The number of benzene rings is 2. The van der Waals surface area contributed by atoms with Gasteiger partial charge < -0.3 is 16.2 Å². The second-order valence-electron chi connectivity index (χ2n) is 7.19. The van der Waals surface area contributed by atoms with Crippen LogP contribution in [-0.4, -0.2) is 10.9 Å². The fourth-order valence-electron chi connectivity index (χ4n) is 3.43. The average molecular weight is 389 g/mol. The van der Waals surface area contributed by atoms with Gasteiger partial charge in [-0.15, -0.1) is 0 Å². The Morgan fingerprint density at radius 3 is 2.48 bits per heavy atom. The van der Waals surface area contributed by atoms with Gasteiger partial charge in [0.1, 0.15) is 5.75 Å². The molecule has 1 aromatic heterocycles. The van der Waals surface area contributed by atoms with Gasteiger partial charge in [-0.05, 0) is 66.6 Å². The van der Waals surface area contributed by atoms with Crippen molar-refractivity contribution in [1.82, 2.24) is 4.98 Å². The molecule has 5 nitrogen and oxygen atoms in total. The number of nitrogens with zero attached hydrogens (tertiary/aromatic N) is 1. The summed E-state index contributed by atoms with van der Waals surface area (Å²) in [7, 11) is 0. The van der Waals surface area contributed by atoms with Crippen LogP contribution in [0.15, 0.2) is 66.9 Å². The number of rotatable bonds is 9. The van der Waals surface area contributed by atoms with E-state index >= 15 is 0 Å². The molecule has 4 N–H and O–H groups in total. The summed E-state index contributed by atoms with van der Waals surface area (Å²) in [5.74, 6) is 1.12. The molecule has 2 aromatic carbocycles. The van der Waals surface area contributed by atoms with Gasteiger partial charge in [-0.3, -0.25) is 4.79 Å². The number of carbonyl (C=O) groups is 1. The van der Waals surface area contributed by atoms with Crippen molar-refractivity contribution in [2.24, 2.45) is 5.73 Å². The number of carbonyl (C=O) groups excluding carboxylic acids is 1. The van der Waals surface area contributed by atoms with Crippen LogP contribution in [-0.2, 0) is 6.42 Å². The van der Waals surface area contributed by atoms with E-state index in [1.165, 1.54) is 17.3 Å². The van der Waals surface area contributed by atoms with Gasteiger partial charge in [-0.2, -0.15) is 0 Å². The van der Waals surface area contributed by atoms with Gasteiger partial charge in [-0.25, -0.2) is 4.98 Å². The van der Waals surface area contributed by atoms with E-state index in [9.17, 15) is 4.79 Å². The summed E-state index contributed by atoms with van der Waals surface area (Å²) in [6.07, 6.45) is 5.77. The SMILES string of the molecule is CCCC(CCc1cccc(N)c1)c1ccc(Oc2ccc(C(N)=O)cn2)cc1. The molecule has 3 rings (SSSR count). The molecule has 29 heavy (non-hydrogen) atoms. The molecule has 0 radical (unpaired) electrons. The quantitative estimate of drug-likeness (QED) is 0.500. The molecule has 0 spiro atoms. The Labute approximate surface area is 171 Å². The first kappa shape index (κ1) is 20.4. The van der Waals surface area contributed by atoms with Gasteiger partial charge in [-0.1, -0.05) is 37.6 Å². The van der Waals surface area contributed by atoms with E-state index < -0.39 is 5.91 Å². The standard InChI is InChI=1S/C24H27N3O2/c1-2-4-18(8-7-17-5-3-6-21(25)15-17)19-9-12-22(13-10-19)29-23-14-11-20(16-27-23)24(26)28/h3,5-6,9-16,18H,2,4,7-8,25H2,1H3,(H2,26,28). The Hall–Kier alpha value is -3.34. The van der Waals surface area contributed by atoms with E-state index in [-0.39, 0.29) is 0 Å². The molecule has 1 unspecified atom stereocenters. The Bertz CT molecular complexity index is 937. The molecular formula is C24H27N3O2. The summed E-state index contributed by atoms with van der Waals surface area (Å²) in [6, 6.07) is 19.5. The summed E-state index contributed by atoms with van der Waals surface area (Å²) < 4.78 is 5.77. The number of anilines is 1. The predicted molar refractivity (Wildman–Crippen MR) is 116 cm³/mol. The van der Waals surface area contributed by atoms with Crippen LogP contribution in [0.5, 0.6) is 11.6 Å². The highest BCUT2D eigenvalue weighted by Gasteiger charge is 2.12. The fraction of sp³-hybridized carbons (Fsp3) is 0.250. The smallest absolute Gasteiger partial charge is 0.250 e. The summed E-state index contributed by atoms with van der Waals surface area (Å²) in [5, 5.41) is 0. The van der Waals surface area contributed by atoms with Crippen LogP contribution in [0, 0.1) is 0 Å². The number of ether oxygens (including phenoxy) is 1. The van der Waals surface area contributed by atoms with E-state index in [0.717, 1.165) is 31.4 Å². The summed E-state index contributed by atoms with van der Waals surface area (Å²) in [4.78, 5) is 15.2. The van der Waals surface area contributed by atoms with Crippen molar-refractivity contribution in [3.63, 3.8) is 0 Å². The number of nitrogen functional groups attached to an aromatic ring is 1. The highest BCUT2D eigenvalue weighted by molar-refractivity contribution is 5.92. The first-order valence-electron chi connectivity index (χ1n) is 9.93. The number of amides is 1. The average Bonchev–Trinajstić information content (AvgIpc) is 2.72. The predicted octanol–water partition coefficient (Wildman–Crippen LogP) is 5.07. The lowest BCUT2D eigenvalue weighted by Gasteiger charge is -2.17. The Balaban J connectivity index is 1.64. The molecule has 1 amide bonds. The van der Waals surface area contributed by atoms with Crippen LogP contribution in [0.2, 0.25) is 0 Å². The van der Waals surface area contributed by atoms with Crippen LogP contribution in [0.4, 0.5) is 5.69 Å². The van der Waals surface area contributed by atoms with Crippen LogP contribution >= 0.6 is 0 Å². The van der Waals surface area contributed by atoms with Gasteiger partial charge in [0.2, 0.25) is 11.8 Å². The Morgan fingerprint density at radius 1 is 1.07 bits per heavy atom. The number of aryl methyl sites for hydroxylation is 1. The zero-order valence-corrected chi connectivity index (χ0v) is 16.7. The van der Waals surface area contributed by atoms with E-state index in [0.29, 0.717) is 23.1 Å². The number of hydrogen-bond acceptors (Lipinski definition) is 4. The van der Waals surface area contributed by atoms with Crippen LogP contribution in [0.3, 0.4) is 0 Å². The zero-order chi connectivity index (χ0) is 20.6. The van der Waals surface area contributed by atoms with Crippen molar-refractivity contribution in [1.29, 1.82) is 0 Å². The molecule has 0 fully saturated rings. The van der Waals surface area contributed by atoms with Crippen LogP contribution in [0.25, 0.3) is 0 Å². The molecule has 0 bridgehead atoms. The molecule has 0 saturated heterocycles. The van der Waals surface area contributed by atoms with Crippen molar-refractivity contribution in [2.45, 2.75) is 38.5 Å². The highest BCUT2D eigenvalue weighted by Crippen LogP contribution is 2.29. The molecule has 150 valence electrons. The van der Waals surface area contributed by atoms with E-state index in [4.69, 9.17) is 16.2 Å². The minimum Gasteiger partial charge on any atom is -0.439 e. The number of hydrogen-bond donors (Lipinski definition) is 2. The van der Waals surface area contributed by atoms with E-state index in [1.807, 2.05) is 24.3 Å². The first-order chi connectivity index (χ1) is 14.0. The third-order valence-electron chi connectivity index (χ3n) is 4.96. The lowest BCUT2D eigenvalue weighted by molar-refractivity contribution is 0.1000. The third-order valence-corrected chi connectivity index (χ3v) is 4.96. The van der Waals surface area contributed by atoms with Gasteiger partial charge in [0.25, 0.3) is 0 Å². The van der Waals surface area contributed by atoms with Gasteiger partial charge in [0.05, 0.1) is 5.56 Å². The second kappa shape index (κ2) is 9.73. The maximum absolute atomic E-state index is 11.1. The van der Waals surface area contributed by atoms with E-state index in [2.05, 4.69) is 36.2 Å². The monoisotopic (exact) mass is 389 g/mol. The highest BCUT2D eigenvalue weighted by atomic mass is 16.5. The zero-order valence-electron chi connectivity index (χ0n) is 16.7. The van der Waals surface area contributed by atoms with E-state index in [1.54, 1.807) is 12.1 Å². The molecular weight excluding hydrogens is 362 g/mol. The molecule has 0 aliphatic rings. The molecule has 1 atom stereocenters. The van der Waals surface area contributed by atoms with Crippen molar-refractivity contribution < 1.29 is 9.53 Å². The topological polar surface area (TPSA) is 91.2 Å². The molecule has 3 aromatic rings. The summed E-state index contributed by atoms with van der Waals surface area (Å²) in [6.45, 7) is 2.21. The lowest BCUT2D eigenvalue weighted by atomic mass is 9.89. The molecule has 0 aliphatic carbocycles. The maximum atomic E-state index is 11.1. The van der Waals surface area contributed by atoms with Crippen molar-refractivity contribution in [2.75, 3.05) is 5.73 Å². The number of aromatic nitrogens is 1. The van der Waals surface area contributed by atoms with Crippen molar-refractivity contribution >= 4 is 11.6 Å².